The summed E-state index contributed by atoms with van der Waals surface area (Å²) in [5.74, 6) is 0.422. The predicted octanol–water partition coefficient (Wildman–Crippen LogP) is 5.89. The van der Waals surface area contributed by atoms with E-state index in [4.69, 9.17) is 0 Å². The Morgan fingerprint density at radius 3 is 1.67 bits per heavy atom. The normalized spacial score (nSPS) is 15.6. The van der Waals surface area contributed by atoms with Gasteiger partial charge in [0.2, 0.25) is 0 Å². The molecular weight excluding hydrogens is 693 g/mol. The highest BCUT2D eigenvalue weighted by Gasteiger charge is 2.35. The molecule has 0 aromatic heterocycles. The number of rotatable bonds is 17. The highest BCUT2D eigenvalue weighted by molar-refractivity contribution is 8.76. The Hall–Kier alpha value is -3.81. The fourth-order valence-electron chi connectivity index (χ4n) is 7.34. The van der Waals surface area contributed by atoms with Crippen molar-refractivity contribution in [3.8, 4) is 0 Å². The Morgan fingerprint density at radius 2 is 1.10 bits per heavy atom. The molecular formula is C40H50N6O4S2. The summed E-state index contributed by atoms with van der Waals surface area (Å²) < 4.78 is 0. The lowest BCUT2D eigenvalue weighted by atomic mass is 9.92. The molecule has 0 bridgehead atoms. The summed E-state index contributed by atoms with van der Waals surface area (Å²) in [6.07, 6.45) is 0.987. The van der Waals surface area contributed by atoms with Crippen molar-refractivity contribution in [1.29, 1.82) is 0 Å². The number of nitrogens with zero attached hydrogens (tertiary/aromatic N) is 6. The average Bonchev–Trinajstić information content (AvgIpc) is 3.12. The molecule has 276 valence electrons. The quantitative estimate of drug-likeness (QED) is 0.0803. The van der Waals surface area contributed by atoms with E-state index in [0.29, 0.717) is 34.7 Å². The fraction of sp³-hybridized carbons (Fsp3) is 0.425. The van der Waals surface area contributed by atoms with Crippen molar-refractivity contribution in [3.05, 3.63) is 82.9 Å². The predicted molar refractivity (Wildman–Crippen MR) is 217 cm³/mol. The van der Waals surface area contributed by atoms with Crippen LogP contribution in [-0.2, 0) is 0 Å². The first kappa shape index (κ1) is 37.9. The van der Waals surface area contributed by atoms with Crippen molar-refractivity contribution < 1.29 is 19.5 Å². The summed E-state index contributed by atoms with van der Waals surface area (Å²) in [5, 5.41) is 14.9. The van der Waals surface area contributed by atoms with Gasteiger partial charge in [0.15, 0.2) is 6.23 Å². The smallest absolute Gasteiger partial charge is 0.261 e. The Morgan fingerprint density at radius 1 is 0.596 bits per heavy atom. The van der Waals surface area contributed by atoms with E-state index in [1.165, 1.54) is 9.80 Å². The lowest BCUT2D eigenvalue weighted by molar-refractivity contribution is 0.00795. The zero-order valence-electron chi connectivity index (χ0n) is 31.1. The molecule has 1 N–H and O–H groups in total. The van der Waals surface area contributed by atoms with Gasteiger partial charge in [-0.2, -0.15) is 0 Å². The third-order valence-electron chi connectivity index (χ3n) is 10.0. The SMILES string of the molecule is CN(C)CCCN(C)c1ccc2c3c(cccc13)C(=O)N(CCSSCCN1C(=O)c3cccc4c(N(C)CCCN(C)C)ccc(c34)C1O)C2=O. The highest BCUT2D eigenvalue weighted by Crippen LogP contribution is 2.40. The van der Waals surface area contributed by atoms with Crippen molar-refractivity contribution in [2.45, 2.75) is 19.1 Å². The average molecular weight is 743 g/mol. The molecule has 2 aliphatic heterocycles. The van der Waals surface area contributed by atoms with Gasteiger partial charge in [-0.1, -0.05) is 51.9 Å². The van der Waals surface area contributed by atoms with Gasteiger partial charge in [-0.15, -0.1) is 0 Å². The summed E-state index contributed by atoms with van der Waals surface area (Å²) in [6.45, 7) is 4.37. The van der Waals surface area contributed by atoms with E-state index < -0.39 is 6.23 Å². The van der Waals surface area contributed by atoms with E-state index in [1.54, 1.807) is 21.6 Å². The minimum absolute atomic E-state index is 0.177. The second-order valence-electron chi connectivity index (χ2n) is 14.2. The lowest BCUT2D eigenvalue weighted by Crippen LogP contribution is -2.41. The lowest BCUT2D eigenvalue weighted by Gasteiger charge is -2.35. The van der Waals surface area contributed by atoms with Gasteiger partial charge in [-0.05, 0) is 84.5 Å². The van der Waals surface area contributed by atoms with Crippen LogP contribution in [0.4, 0.5) is 11.4 Å². The number of benzene rings is 4. The van der Waals surface area contributed by atoms with Crippen LogP contribution in [0.3, 0.4) is 0 Å². The third kappa shape index (κ3) is 7.63. The maximum Gasteiger partial charge on any atom is 0.261 e. The number of hydrogen-bond acceptors (Lipinski definition) is 10. The number of carbonyl (C=O) groups is 3. The van der Waals surface area contributed by atoms with E-state index in [2.05, 4.69) is 61.9 Å². The Bertz CT molecular complexity index is 1950. The fourth-order valence-corrected chi connectivity index (χ4v) is 9.26. The molecule has 0 aliphatic carbocycles. The van der Waals surface area contributed by atoms with Crippen LogP contribution in [0.15, 0.2) is 60.7 Å². The monoisotopic (exact) mass is 742 g/mol. The van der Waals surface area contributed by atoms with Crippen molar-refractivity contribution >= 4 is 72.2 Å². The first-order valence-electron chi connectivity index (χ1n) is 17.9. The van der Waals surface area contributed by atoms with Gasteiger partial charge >= 0.3 is 0 Å². The number of imide groups is 1. The first-order valence-corrected chi connectivity index (χ1v) is 20.4. The molecule has 3 amide bonds. The summed E-state index contributed by atoms with van der Waals surface area (Å²) >= 11 is 0. The number of aliphatic hydroxyl groups excluding tert-OH is 1. The minimum Gasteiger partial charge on any atom is -0.374 e. The number of hydrogen-bond donors (Lipinski definition) is 1. The molecule has 52 heavy (non-hydrogen) atoms. The van der Waals surface area contributed by atoms with Gasteiger partial charge in [-0.25, -0.2) is 0 Å². The van der Waals surface area contributed by atoms with Crippen LogP contribution in [0.5, 0.6) is 0 Å². The van der Waals surface area contributed by atoms with Gasteiger partial charge in [0.05, 0.1) is 0 Å². The molecule has 1 unspecified atom stereocenters. The van der Waals surface area contributed by atoms with Crippen LogP contribution in [-0.4, -0.2) is 135 Å². The molecule has 1 atom stereocenters. The van der Waals surface area contributed by atoms with Crippen LogP contribution >= 0.6 is 21.6 Å². The van der Waals surface area contributed by atoms with Crippen LogP contribution in [0.2, 0.25) is 0 Å². The summed E-state index contributed by atoms with van der Waals surface area (Å²) in [5.41, 5.74) is 4.54. The second kappa shape index (κ2) is 16.5. The topological polar surface area (TPSA) is 90.9 Å². The number of aliphatic hydroxyl groups is 1. The largest absolute Gasteiger partial charge is 0.374 e. The number of amides is 3. The van der Waals surface area contributed by atoms with Crippen molar-refractivity contribution in [3.63, 3.8) is 0 Å². The standard InChI is InChI=1S/C40H50N6O4S2/c1-41(2)19-9-21-43(5)33-17-15-31-35-27(33)11-7-13-29(35)37(47)45(39(31)49)23-25-51-52-26-24-46-38(48)30-14-8-12-28-34(44(6)22-10-20-42(3)4)18-16-32(36(28)30)40(46)50/h7-8,11-18,39,49H,9-10,19-26H2,1-6H3. The molecule has 2 heterocycles. The van der Waals surface area contributed by atoms with Gasteiger partial charge in [-0.3, -0.25) is 19.3 Å². The summed E-state index contributed by atoms with van der Waals surface area (Å²) in [4.78, 5) is 52.6. The zero-order chi connectivity index (χ0) is 37.1. The Balaban J connectivity index is 1.05. The van der Waals surface area contributed by atoms with Gasteiger partial charge < -0.3 is 29.6 Å². The van der Waals surface area contributed by atoms with E-state index in [0.717, 1.165) is 77.5 Å². The van der Waals surface area contributed by atoms with Gasteiger partial charge in [0.1, 0.15) is 0 Å². The summed E-state index contributed by atoms with van der Waals surface area (Å²) in [6, 6.07) is 19.4. The molecule has 2 aliphatic rings. The van der Waals surface area contributed by atoms with E-state index in [1.807, 2.05) is 60.7 Å². The zero-order valence-corrected chi connectivity index (χ0v) is 32.7. The van der Waals surface area contributed by atoms with Crippen LogP contribution < -0.4 is 9.80 Å². The van der Waals surface area contributed by atoms with E-state index >= 15 is 0 Å². The van der Waals surface area contributed by atoms with Crippen molar-refractivity contribution in [1.82, 2.24) is 19.6 Å². The van der Waals surface area contributed by atoms with Gasteiger partial charge in [0.25, 0.3) is 17.7 Å². The molecule has 4 aromatic carbocycles. The molecule has 0 saturated carbocycles. The summed E-state index contributed by atoms with van der Waals surface area (Å²) in [7, 11) is 15.5. The second-order valence-corrected chi connectivity index (χ2v) is 16.9. The third-order valence-corrected chi connectivity index (χ3v) is 12.4. The van der Waals surface area contributed by atoms with Crippen molar-refractivity contribution in [2.75, 3.05) is 103 Å². The molecule has 12 heteroatoms. The number of anilines is 2. The maximum absolute atomic E-state index is 13.7. The van der Waals surface area contributed by atoms with Crippen LogP contribution in [0.25, 0.3) is 21.5 Å². The van der Waals surface area contributed by atoms with Crippen molar-refractivity contribution in [2.24, 2.45) is 0 Å². The first-order chi connectivity index (χ1) is 25.0. The Labute approximate surface area is 315 Å². The molecule has 0 spiro atoms. The molecule has 0 radical (unpaired) electrons. The molecule has 4 aromatic rings. The molecule has 10 nitrogen and oxygen atoms in total. The van der Waals surface area contributed by atoms with Crippen LogP contribution in [0, 0.1) is 0 Å². The highest BCUT2D eigenvalue weighted by atomic mass is 33.1. The number of carbonyl (C=O) groups excluding carboxylic acids is 3. The van der Waals surface area contributed by atoms with Gasteiger partial charge in [0, 0.05) is 107 Å². The molecule has 0 saturated heterocycles. The molecule has 0 fully saturated rings. The Kier molecular flexibility index (Phi) is 12.0. The molecule has 6 rings (SSSR count). The minimum atomic E-state index is -1.03. The van der Waals surface area contributed by atoms with E-state index in [9.17, 15) is 19.5 Å². The maximum atomic E-state index is 13.7. The van der Waals surface area contributed by atoms with E-state index in [-0.39, 0.29) is 24.3 Å². The van der Waals surface area contributed by atoms with Crippen LogP contribution in [0.1, 0.15) is 55.7 Å².